The fraction of sp³-hybridized carbons (Fsp3) is 0.500. The molecule has 0 aromatic heterocycles. The molecule has 2 N–H and O–H groups in total. The lowest BCUT2D eigenvalue weighted by Gasteiger charge is -2.21. The van der Waals surface area contributed by atoms with E-state index in [1.54, 1.807) is 13.2 Å². The van der Waals surface area contributed by atoms with E-state index in [2.05, 4.69) is 20.8 Å². The number of nitrogen functional groups attached to an aromatic ring is 1. The van der Waals surface area contributed by atoms with Crippen LogP contribution in [0.1, 0.15) is 6.42 Å². The first-order valence-corrected chi connectivity index (χ1v) is 6.39. The number of methoxy groups -OCH3 is 1. The molecule has 1 aromatic carbocycles. The van der Waals surface area contributed by atoms with Gasteiger partial charge in [-0.1, -0.05) is 0 Å². The SMILES string of the molecule is COCC1CCN(c2cc(F)c(Br)cc2N)C1. The van der Waals surface area contributed by atoms with Gasteiger partial charge in [-0.3, -0.25) is 0 Å². The number of benzene rings is 1. The first kappa shape index (κ1) is 12.6. The summed E-state index contributed by atoms with van der Waals surface area (Å²) >= 11 is 3.13. The van der Waals surface area contributed by atoms with Gasteiger partial charge in [-0.05, 0) is 28.4 Å². The second-order valence-electron chi connectivity index (χ2n) is 4.38. The van der Waals surface area contributed by atoms with E-state index in [0.29, 0.717) is 16.1 Å². The molecule has 1 aliphatic heterocycles. The highest BCUT2D eigenvalue weighted by atomic mass is 79.9. The fourth-order valence-electron chi connectivity index (χ4n) is 2.25. The Morgan fingerprint density at radius 3 is 3.06 bits per heavy atom. The van der Waals surface area contributed by atoms with Crippen molar-refractivity contribution in [1.29, 1.82) is 0 Å². The van der Waals surface area contributed by atoms with Crippen molar-refractivity contribution < 1.29 is 9.13 Å². The minimum Gasteiger partial charge on any atom is -0.397 e. The second kappa shape index (κ2) is 5.23. The molecule has 0 saturated carbocycles. The van der Waals surface area contributed by atoms with Gasteiger partial charge in [0.25, 0.3) is 0 Å². The molecule has 0 spiro atoms. The molecule has 1 aliphatic rings. The molecule has 94 valence electrons. The zero-order chi connectivity index (χ0) is 12.4. The standard InChI is InChI=1S/C12H16BrFN2O/c1-17-7-8-2-3-16(6-8)12-5-10(14)9(13)4-11(12)15/h4-5,8H,2-3,6-7,15H2,1H3. The van der Waals surface area contributed by atoms with Gasteiger partial charge in [0.05, 0.1) is 22.5 Å². The van der Waals surface area contributed by atoms with Crippen molar-refractivity contribution in [2.45, 2.75) is 6.42 Å². The first-order chi connectivity index (χ1) is 8.11. The summed E-state index contributed by atoms with van der Waals surface area (Å²) in [7, 11) is 1.70. The summed E-state index contributed by atoms with van der Waals surface area (Å²) in [5.41, 5.74) is 7.31. The van der Waals surface area contributed by atoms with Crippen molar-refractivity contribution in [1.82, 2.24) is 0 Å². The van der Waals surface area contributed by atoms with Crippen LogP contribution in [0.2, 0.25) is 0 Å². The summed E-state index contributed by atoms with van der Waals surface area (Å²) in [5.74, 6) is 0.232. The van der Waals surface area contributed by atoms with Gasteiger partial charge in [0.1, 0.15) is 5.82 Å². The quantitative estimate of drug-likeness (QED) is 0.873. The number of hydrogen-bond donors (Lipinski definition) is 1. The van der Waals surface area contributed by atoms with Gasteiger partial charge in [0.15, 0.2) is 0 Å². The van der Waals surface area contributed by atoms with Crippen LogP contribution in [0.15, 0.2) is 16.6 Å². The molecule has 17 heavy (non-hydrogen) atoms. The number of nitrogens with two attached hydrogens (primary N) is 1. The molecule has 1 atom stereocenters. The number of halogens is 2. The van der Waals surface area contributed by atoms with E-state index < -0.39 is 0 Å². The fourth-order valence-corrected chi connectivity index (χ4v) is 2.61. The van der Waals surface area contributed by atoms with E-state index in [4.69, 9.17) is 10.5 Å². The molecule has 1 heterocycles. The van der Waals surface area contributed by atoms with E-state index in [0.717, 1.165) is 31.8 Å². The Kier molecular flexibility index (Phi) is 3.89. The van der Waals surface area contributed by atoms with Crippen LogP contribution in [0.5, 0.6) is 0 Å². The van der Waals surface area contributed by atoms with Crippen molar-refractivity contribution in [3.63, 3.8) is 0 Å². The Morgan fingerprint density at radius 1 is 1.59 bits per heavy atom. The van der Waals surface area contributed by atoms with Crippen molar-refractivity contribution in [3.05, 3.63) is 22.4 Å². The molecule has 0 amide bonds. The molecule has 1 unspecified atom stereocenters. The van der Waals surface area contributed by atoms with Gasteiger partial charge in [-0.25, -0.2) is 4.39 Å². The summed E-state index contributed by atoms with van der Waals surface area (Å²) in [6, 6.07) is 3.11. The molecular formula is C12H16BrFN2O. The van der Waals surface area contributed by atoms with Crippen LogP contribution >= 0.6 is 15.9 Å². The van der Waals surface area contributed by atoms with E-state index in [-0.39, 0.29) is 5.82 Å². The molecule has 5 heteroatoms. The molecular weight excluding hydrogens is 287 g/mol. The Bertz CT molecular complexity index is 414. The molecule has 3 nitrogen and oxygen atoms in total. The van der Waals surface area contributed by atoms with Crippen molar-refractivity contribution in [2.24, 2.45) is 5.92 Å². The summed E-state index contributed by atoms with van der Waals surface area (Å²) < 4.78 is 19.1. The van der Waals surface area contributed by atoms with Gasteiger partial charge < -0.3 is 15.4 Å². The van der Waals surface area contributed by atoms with Gasteiger partial charge in [-0.2, -0.15) is 0 Å². The number of ether oxygens (including phenoxy) is 1. The van der Waals surface area contributed by atoms with E-state index in [1.165, 1.54) is 6.07 Å². The number of anilines is 2. The number of nitrogens with zero attached hydrogens (tertiary/aromatic N) is 1. The van der Waals surface area contributed by atoms with Gasteiger partial charge in [0.2, 0.25) is 0 Å². The third-order valence-electron chi connectivity index (χ3n) is 3.10. The third kappa shape index (κ3) is 2.72. The third-order valence-corrected chi connectivity index (χ3v) is 3.71. The Hall–Kier alpha value is -0.810. The molecule has 0 bridgehead atoms. The summed E-state index contributed by atoms with van der Waals surface area (Å²) in [5, 5.41) is 0. The van der Waals surface area contributed by atoms with Crippen molar-refractivity contribution in [3.8, 4) is 0 Å². The highest BCUT2D eigenvalue weighted by Crippen LogP contribution is 2.32. The number of hydrogen-bond acceptors (Lipinski definition) is 3. The minimum atomic E-state index is -0.274. The average Bonchev–Trinajstić information content (AvgIpc) is 2.72. The predicted octanol–water partition coefficient (Wildman–Crippen LogP) is 2.64. The van der Waals surface area contributed by atoms with Gasteiger partial charge >= 0.3 is 0 Å². The first-order valence-electron chi connectivity index (χ1n) is 5.60. The molecule has 0 aliphatic carbocycles. The van der Waals surface area contributed by atoms with Gasteiger partial charge in [0, 0.05) is 32.2 Å². The molecule has 1 saturated heterocycles. The summed E-state index contributed by atoms with van der Waals surface area (Å²) in [6.45, 7) is 2.52. The minimum absolute atomic E-state index is 0.274. The largest absolute Gasteiger partial charge is 0.397 e. The maximum atomic E-state index is 13.5. The average molecular weight is 303 g/mol. The molecule has 1 fully saturated rings. The summed E-state index contributed by atoms with van der Waals surface area (Å²) in [4.78, 5) is 2.12. The van der Waals surface area contributed by atoms with Crippen molar-refractivity contribution in [2.75, 3.05) is 37.4 Å². The van der Waals surface area contributed by atoms with Gasteiger partial charge in [-0.15, -0.1) is 0 Å². The normalized spacial score (nSPS) is 19.9. The highest BCUT2D eigenvalue weighted by Gasteiger charge is 2.24. The topological polar surface area (TPSA) is 38.5 Å². The Labute approximate surface area is 109 Å². The van der Waals surface area contributed by atoms with Crippen LogP contribution in [0.4, 0.5) is 15.8 Å². The monoisotopic (exact) mass is 302 g/mol. The second-order valence-corrected chi connectivity index (χ2v) is 5.24. The van der Waals surface area contributed by atoms with Crippen LogP contribution in [-0.4, -0.2) is 26.8 Å². The van der Waals surface area contributed by atoms with Crippen molar-refractivity contribution >= 4 is 27.3 Å². The lowest BCUT2D eigenvalue weighted by Crippen LogP contribution is -2.22. The predicted molar refractivity (Wildman–Crippen MR) is 70.7 cm³/mol. The molecule has 2 rings (SSSR count). The zero-order valence-corrected chi connectivity index (χ0v) is 11.3. The highest BCUT2D eigenvalue weighted by molar-refractivity contribution is 9.10. The van der Waals surface area contributed by atoms with Crippen LogP contribution in [0.25, 0.3) is 0 Å². The maximum Gasteiger partial charge on any atom is 0.139 e. The number of rotatable bonds is 3. The lowest BCUT2D eigenvalue weighted by atomic mass is 10.1. The smallest absolute Gasteiger partial charge is 0.139 e. The van der Waals surface area contributed by atoms with E-state index >= 15 is 0 Å². The zero-order valence-electron chi connectivity index (χ0n) is 9.75. The molecule has 0 radical (unpaired) electrons. The lowest BCUT2D eigenvalue weighted by molar-refractivity contribution is 0.161. The van der Waals surface area contributed by atoms with Crippen LogP contribution in [-0.2, 0) is 4.74 Å². The maximum absolute atomic E-state index is 13.5. The summed E-state index contributed by atoms with van der Waals surface area (Å²) in [6.07, 6.45) is 1.06. The van der Waals surface area contributed by atoms with Crippen LogP contribution in [0, 0.1) is 11.7 Å². The van der Waals surface area contributed by atoms with E-state index in [9.17, 15) is 4.39 Å². The van der Waals surface area contributed by atoms with Crippen LogP contribution in [0.3, 0.4) is 0 Å². The van der Waals surface area contributed by atoms with E-state index in [1.807, 2.05) is 0 Å². The molecule has 1 aromatic rings. The van der Waals surface area contributed by atoms with Crippen LogP contribution < -0.4 is 10.6 Å². The Balaban J connectivity index is 2.16. The Morgan fingerprint density at radius 2 is 2.35 bits per heavy atom.